The van der Waals surface area contributed by atoms with Crippen molar-refractivity contribution in [3.05, 3.63) is 64.8 Å². The third-order valence-electron chi connectivity index (χ3n) is 5.65. The van der Waals surface area contributed by atoms with E-state index in [1.165, 1.54) is 28.3 Å². The van der Waals surface area contributed by atoms with Crippen LogP contribution in [0.25, 0.3) is 6.08 Å². The minimum atomic E-state index is -3.83. The summed E-state index contributed by atoms with van der Waals surface area (Å²) < 4.78 is 32.6. The molecule has 2 aromatic rings. The number of sulfonamides is 1. The Hall–Kier alpha value is -2.72. The first-order valence-corrected chi connectivity index (χ1v) is 12.3. The Morgan fingerprint density at radius 2 is 1.88 bits per heavy atom. The monoisotopic (exact) mass is 489 g/mol. The minimum Gasteiger partial charge on any atom is -0.379 e. The number of rotatable bonds is 5. The fourth-order valence-corrected chi connectivity index (χ4v) is 5.91. The highest BCUT2D eigenvalue weighted by Crippen LogP contribution is 2.33. The van der Waals surface area contributed by atoms with E-state index in [9.17, 15) is 18.0 Å². The summed E-state index contributed by atoms with van der Waals surface area (Å²) in [5, 5.41) is 2.83. The van der Waals surface area contributed by atoms with Crippen LogP contribution in [0.1, 0.15) is 30.5 Å². The normalized spacial score (nSPS) is 18.6. The molecule has 2 amide bonds. The second kappa shape index (κ2) is 9.64. The highest BCUT2D eigenvalue weighted by Gasteiger charge is 2.30. The number of benzene rings is 2. The predicted octanol–water partition coefficient (Wildman–Crippen LogP) is 3.26. The number of amides is 2. The summed E-state index contributed by atoms with van der Waals surface area (Å²) >= 11 is 6.20. The van der Waals surface area contributed by atoms with E-state index in [0.717, 1.165) is 11.1 Å². The molecule has 0 saturated carbocycles. The molecule has 0 unspecified atom stereocenters. The Bertz CT molecular complexity index is 1210. The van der Waals surface area contributed by atoms with Crippen molar-refractivity contribution < 1.29 is 22.7 Å². The molecule has 1 fully saturated rings. The topological polar surface area (TPSA) is 96.0 Å². The van der Waals surface area contributed by atoms with Gasteiger partial charge < -0.3 is 15.0 Å². The lowest BCUT2D eigenvalue weighted by Crippen LogP contribution is -2.40. The summed E-state index contributed by atoms with van der Waals surface area (Å²) in [5.74, 6) is -0.530. The number of ether oxygens (including phenoxy) is 1. The van der Waals surface area contributed by atoms with E-state index in [-0.39, 0.29) is 41.2 Å². The fourth-order valence-electron chi connectivity index (χ4n) is 4.01. The third-order valence-corrected chi connectivity index (χ3v) is 8.03. The highest BCUT2D eigenvalue weighted by atomic mass is 35.5. The minimum absolute atomic E-state index is 0.00903. The van der Waals surface area contributed by atoms with Gasteiger partial charge in [0.05, 0.1) is 30.7 Å². The van der Waals surface area contributed by atoms with Crippen LogP contribution in [-0.2, 0) is 24.3 Å². The van der Waals surface area contributed by atoms with Gasteiger partial charge in [-0.1, -0.05) is 35.9 Å². The van der Waals surface area contributed by atoms with Crippen molar-refractivity contribution in [2.45, 2.75) is 24.3 Å². The zero-order chi connectivity index (χ0) is 23.6. The number of nitrogens with zero attached hydrogens (tertiary/aromatic N) is 2. The quantitative estimate of drug-likeness (QED) is 0.695. The number of fused-ring (bicyclic) bond motifs is 1. The van der Waals surface area contributed by atoms with Crippen LogP contribution >= 0.6 is 11.6 Å². The van der Waals surface area contributed by atoms with Gasteiger partial charge in [-0.05, 0) is 35.4 Å². The number of hydrogen-bond acceptors (Lipinski definition) is 5. The Balaban J connectivity index is 1.55. The van der Waals surface area contributed by atoms with Crippen LogP contribution in [-0.4, -0.2) is 55.7 Å². The lowest BCUT2D eigenvalue weighted by Gasteiger charge is -2.32. The van der Waals surface area contributed by atoms with Crippen molar-refractivity contribution in [3.8, 4) is 0 Å². The van der Waals surface area contributed by atoms with E-state index < -0.39 is 16.1 Å². The molecule has 4 rings (SSSR count). The van der Waals surface area contributed by atoms with Gasteiger partial charge in [-0.25, -0.2) is 8.42 Å². The van der Waals surface area contributed by atoms with Crippen LogP contribution in [0.4, 0.5) is 5.69 Å². The Kier molecular flexibility index (Phi) is 6.85. The SMILES string of the molecule is CC(=O)N1C=Cc2ccccc2[C@@H]1CC(=O)Nc1ccc(Cl)c(S(=O)(=O)N2CCOCC2)c1. The molecule has 2 heterocycles. The molecule has 1 atom stereocenters. The first-order chi connectivity index (χ1) is 15.8. The summed E-state index contributed by atoms with van der Waals surface area (Å²) in [6.45, 7) is 2.56. The van der Waals surface area contributed by atoms with Gasteiger partial charge in [-0.3, -0.25) is 9.59 Å². The molecule has 10 heteroatoms. The van der Waals surface area contributed by atoms with Gasteiger partial charge in [0.25, 0.3) is 0 Å². The summed E-state index contributed by atoms with van der Waals surface area (Å²) in [6.07, 6.45) is 3.53. The summed E-state index contributed by atoms with van der Waals surface area (Å²) in [5.41, 5.74) is 2.13. The number of morpholine rings is 1. The van der Waals surface area contributed by atoms with Crippen LogP contribution in [0.3, 0.4) is 0 Å². The average molecular weight is 490 g/mol. The van der Waals surface area contributed by atoms with Crippen LogP contribution < -0.4 is 5.32 Å². The van der Waals surface area contributed by atoms with Crippen molar-refractivity contribution in [2.24, 2.45) is 0 Å². The van der Waals surface area contributed by atoms with E-state index in [4.69, 9.17) is 16.3 Å². The molecule has 0 aliphatic carbocycles. The molecule has 1 saturated heterocycles. The molecule has 0 bridgehead atoms. The molecule has 0 radical (unpaired) electrons. The second-order valence-corrected chi connectivity index (χ2v) is 10.1. The first-order valence-electron chi connectivity index (χ1n) is 10.5. The van der Waals surface area contributed by atoms with E-state index in [1.54, 1.807) is 12.3 Å². The zero-order valence-corrected chi connectivity index (χ0v) is 19.6. The Morgan fingerprint density at radius 3 is 2.61 bits per heavy atom. The van der Waals surface area contributed by atoms with Crippen LogP contribution in [0, 0.1) is 0 Å². The van der Waals surface area contributed by atoms with E-state index in [2.05, 4.69) is 5.32 Å². The van der Waals surface area contributed by atoms with Gasteiger partial charge in [0, 0.05) is 31.9 Å². The molecular weight excluding hydrogens is 466 g/mol. The summed E-state index contributed by atoms with van der Waals surface area (Å²) in [6, 6.07) is 11.5. The van der Waals surface area contributed by atoms with E-state index in [1.807, 2.05) is 30.3 Å². The summed E-state index contributed by atoms with van der Waals surface area (Å²) in [7, 11) is -3.83. The van der Waals surface area contributed by atoms with Gasteiger partial charge in [-0.15, -0.1) is 0 Å². The second-order valence-electron chi connectivity index (χ2n) is 7.80. The molecule has 2 aliphatic rings. The molecule has 2 aliphatic heterocycles. The largest absolute Gasteiger partial charge is 0.379 e. The Labute approximate surface area is 197 Å². The standard InChI is InChI=1S/C23H24ClN3O5S/c1-16(28)27-9-8-17-4-2-3-5-19(17)21(27)15-23(29)25-18-6-7-20(24)22(14-18)33(30,31)26-10-12-32-13-11-26/h2-9,14,21H,10-13,15H2,1H3,(H,25,29)/t21-/m0/s1. The van der Waals surface area contributed by atoms with Crippen LogP contribution in [0.2, 0.25) is 5.02 Å². The number of anilines is 1. The third kappa shape index (κ3) is 4.96. The van der Waals surface area contributed by atoms with Gasteiger partial charge in [0.1, 0.15) is 4.90 Å². The van der Waals surface area contributed by atoms with Crippen molar-refractivity contribution in [2.75, 3.05) is 31.6 Å². The molecule has 0 spiro atoms. The maximum Gasteiger partial charge on any atom is 0.244 e. The number of nitrogens with one attached hydrogen (secondary N) is 1. The van der Waals surface area contributed by atoms with Crippen LogP contribution in [0.5, 0.6) is 0 Å². The summed E-state index contributed by atoms with van der Waals surface area (Å²) in [4.78, 5) is 26.5. The Morgan fingerprint density at radius 1 is 1.15 bits per heavy atom. The van der Waals surface area contributed by atoms with Gasteiger partial charge >= 0.3 is 0 Å². The number of halogens is 1. The molecule has 8 nitrogen and oxygen atoms in total. The molecule has 0 aromatic heterocycles. The van der Waals surface area contributed by atoms with Crippen molar-refractivity contribution in [1.29, 1.82) is 0 Å². The van der Waals surface area contributed by atoms with Gasteiger partial charge in [-0.2, -0.15) is 4.31 Å². The van der Waals surface area contributed by atoms with Crippen molar-refractivity contribution in [3.63, 3.8) is 0 Å². The lowest BCUT2D eigenvalue weighted by atomic mass is 9.93. The first kappa shape index (κ1) is 23.4. The number of carbonyl (C=O) groups is 2. The molecule has 2 aromatic carbocycles. The van der Waals surface area contributed by atoms with E-state index in [0.29, 0.717) is 18.9 Å². The molecule has 33 heavy (non-hydrogen) atoms. The maximum absolute atomic E-state index is 13.0. The predicted molar refractivity (Wildman–Crippen MR) is 125 cm³/mol. The fraction of sp³-hybridized carbons (Fsp3) is 0.304. The van der Waals surface area contributed by atoms with E-state index >= 15 is 0 Å². The average Bonchev–Trinajstić information content (AvgIpc) is 2.80. The van der Waals surface area contributed by atoms with Crippen molar-refractivity contribution >= 4 is 45.2 Å². The number of hydrogen-bond donors (Lipinski definition) is 1. The molecule has 1 N–H and O–H groups in total. The maximum atomic E-state index is 13.0. The molecular formula is C23H24ClN3O5S. The van der Waals surface area contributed by atoms with Gasteiger partial charge in [0.2, 0.25) is 21.8 Å². The number of carbonyl (C=O) groups excluding carboxylic acids is 2. The van der Waals surface area contributed by atoms with Crippen molar-refractivity contribution in [1.82, 2.24) is 9.21 Å². The van der Waals surface area contributed by atoms with Crippen LogP contribution in [0.15, 0.2) is 53.6 Å². The molecule has 174 valence electrons. The van der Waals surface area contributed by atoms with Gasteiger partial charge in [0.15, 0.2) is 0 Å². The zero-order valence-electron chi connectivity index (χ0n) is 18.0. The lowest BCUT2D eigenvalue weighted by molar-refractivity contribution is -0.129. The highest BCUT2D eigenvalue weighted by molar-refractivity contribution is 7.89. The smallest absolute Gasteiger partial charge is 0.244 e.